The minimum Gasteiger partial charge on any atom is -0.440 e. The number of nitrogens with one attached hydrogen (secondary N) is 1. The predicted octanol–water partition coefficient (Wildman–Crippen LogP) is 2.36. The lowest BCUT2D eigenvalue weighted by atomic mass is 9.69. The van der Waals surface area contributed by atoms with E-state index in [0.717, 1.165) is 4.47 Å². The number of carbonyl (C=O) groups is 1. The number of hydrogen-bond donors (Lipinski definition) is 3. The van der Waals surface area contributed by atoms with Crippen molar-refractivity contribution in [1.82, 2.24) is 0 Å². The Morgan fingerprint density at radius 3 is 2.71 bits per heavy atom. The van der Waals surface area contributed by atoms with Crippen molar-refractivity contribution in [3.8, 4) is 11.8 Å². The van der Waals surface area contributed by atoms with Crippen molar-refractivity contribution in [2.24, 2.45) is 5.73 Å². The van der Waals surface area contributed by atoms with Crippen molar-refractivity contribution in [3.05, 3.63) is 63.5 Å². The molecule has 0 radical (unpaired) electrons. The van der Waals surface area contributed by atoms with Crippen LogP contribution >= 0.6 is 15.9 Å². The van der Waals surface area contributed by atoms with Crippen LogP contribution in [0.1, 0.15) is 11.1 Å². The Kier molecular flexibility index (Phi) is 2.89. The van der Waals surface area contributed by atoms with Crippen LogP contribution in [0.4, 0.5) is 11.4 Å². The minimum atomic E-state index is -1.35. The van der Waals surface area contributed by atoms with E-state index in [1.165, 1.54) is 0 Å². The quantitative estimate of drug-likeness (QED) is 0.605. The number of nitrogens with zero attached hydrogens (tertiary/aromatic N) is 1. The first-order valence-electron chi connectivity index (χ1n) is 7.08. The Labute approximate surface area is 145 Å². The number of halogens is 1. The van der Waals surface area contributed by atoms with Crippen LogP contribution < -0.4 is 21.5 Å². The number of amides is 1. The molecule has 1 amide bonds. The second kappa shape index (κ2) is 4.76. The van der Waals surface area contributed by atoms with Crippen molar-refractivity contribution in [2.45, 2.75) is 5.41 Å². The molecule has 0 aromatic heterocycles. The van der Waals surface area contributed by atoms with Gasteiger partial charge >= 0.3 is 0 Å². The zero-order chi connectivity index (χ0) is 17.1. The van der Waals surface area contributed by atoms with Gasteiger partial charge in [-0.1, -0.05) is 22.0 Å². The fourth-order valence-electron chi connectivity index (χ4n) is 3.35. The first-order valence-corrected chi connectivity index (χ1v) is 7.87. The number of ether oxygens (including phenoxy) is 1. The Hall–Kier alpha value is -2.98. The maximum atomic E-state index is 13.0. The Balaban J connectivity index is 2.16. The molecular formula is C17H11BrN4O2. The monoisotopic (exact) mass is 382 g/mol. The number of carbonyl (C=O) groups excluding carboxylic acids is 1. The summed E-state index contributed by atoms with van der Waals surface area (Å²) in [4.78, 5) is 13.0. The lowest BCUT2D eigenvalue weighted by Gasteiger charge is -2.33. The highest BCUT2D eigenvalue weighted by Crippen LogP contribution is 2.53. The number of hydrogen-bond acceptors (Lipinski definition) is 5. The summed E-state index contributed by atoms with van der Waals surface area (Å²) in [7, 11) is 0. The molecule has 2 heterocycles. The van der Waals surface area contributed by atoms with Crippen LogP contribution in [0, 0.1) is 11.3 Å². The fourth-order valence-corrected chi connectivity index (χ4v) is 3.71. The zero-order valence-corrected chi connectivity index (χ0v) is 13.8. The van der Waals surface area contributed by atoms with Crippen LogP contribution in [-0.4, -0.2) is 5.91 Å². The van der Waals surface area contributed by atoms with Gasteiger partial charge in [-0.3, -0.25) is 4.79 Å². The third kappa shape index (κ3) is 1.66. The van der Waals surface area contributed by atoms with Gasteiger partial charge in [-0.2, -0.15) is 5.26 Å². The van der Waals surface area contributed by atoms with Gasteiger partial charge in [0.15, 0.2) is 0 Å². The van der Waals surface area contributed by atoms with Gasteiger partial charge < -0.3 is 21.5 Å². The number of anilines is 2. The molecule has 5 N–H and O–H groups in total. The highest BCUT2D eigenvalue weighted by atomic mass is 79.9. The van der Waals surface area contributed by atoms with E-state index in [1.807, 2.05) is 12.1 Å². The second-order valence-electron chi connectivity index (χ2n) is 5.60. The Morgan fingerprint density at radius 1 is 1.17 bits per heavy atom. The Morgan fingerprint density at radius 2 is 1.96 bits per heavy atom. The van der Waals surface area contributed by atoms with Gasteiger partial charge in [0, 0.05) is 33.0 Å². The van der Waals surface area contributed by atoms with Gasteiger partial charge in [-0.25, -0.2) is 0 Å². The molecule has 0 fully saturated rings. The molecule has 24 heavy (non-hydrogen) atoms. The third-order valence-corrected chi connectivity index (χ3v) is 4.83. The summed E-state index contributed by atoms with van der Waals surface area (Å²) >= 11 is 3.42. The molecule has 7 heteroatoms. The minimum absolute atomic E-state index is 0.0640. The van der Waals surface area contributed by atoms with Crippen LogP contribution in [0.15, 0.2) is 52.3 Å². The molecule has 2 aromatic carbocycles. The summed E-state index contributed by atoms with van der Waals surface area (Å²) < 4.78 is 6.35. The van der Waals surface area contributed by atoms with Gasteiger partial charge in [0.2, 0.25) is 11.8 Å². The molecular weight excluding hydrogens is 372 g/mol. The molecule has 4 rings (SSSR count). The molecule has 1 unspecified atom stereocenters. The van der Waals surface area contributed by atoms with Crippen LogP contribution in [-0.2, 0) is 10.2 Å². The van der Waals surface area contributed by atoms with Crippen LogP contribution in [0.5, 0.6) is 5.75 Å². The van der Waals surface area contributed by atoms with E-state index >= 15 is 0 Å². The summed E-state index contributed by atoms with van der Waals surface area (Å²) in [6.07, 6.45) is 0. The smallest absolute Gasteiger partial charge is 0.245 e. The van der Waals surface area contributed by atoms with E-state index in [1.54, 1.807) is 24.3 Å². The second-order valence-corrected chi connectivity index (χ2v) is 6.52. The van der Waals surface area contributed by atoms with E-state index in [2.05, 4.69) is 27.3 Å². The van der Waals surface area contributed by atoms with Gasteiger partial charge in [0.05, 0.1) is 0 Å². The van der Waals surface area contributed by atoms with Crippen molar-refractivity contribution >= 4 is 33.2 Å². The van der Waals surface area contributed by atoms with Crippen LogP contribution in [0.3, 0.4) is 0 Å². The predicted molar refractivity (Wildman–Crippen MR) is 91.9 cm³/mol. The largest absolute Gasteiger partial charge is 0.440 e. The number of benzene rings is 2. The maximum Gasteiger partial charge on any atom is 0.245 e. The van der Waals surface area contributed by atoms with Crippen molar-refractivity contribution in [2.75, 3.05) is 11.1 Å². The van der Waals surface area contributed by atoms with E-state index in [9.17, 15) is 10.1 Å². The zero-order valence-electron chi connectivity index (χ0n) is 12.3. The summed E-state index contributed by atoms with van der Waals surface area (Å²) in [6.45, 7) is 0. The SMILES string of the molecule is N#CC1=C(N)Oc2cc(N)ccc2C12C(=O)Nc1ccc(Br)cc12. The third-order valence-electron chi connectivity index (χ3n) is 4.34. The first kappa shape index (κ1) is 14.6. The van der Waals surface area contributed by atoms with E-state index in [-0.39, 0.29) is 17.4 Å². The number of fused-ring (bicyclic) bond motifs is 4. The average Bonchev–Trinajstić information content (AvgIpc) is 2.81. The van der Waals surface area contributed by atoms with Crippen molar-refractivity contribution in [3.63, 3.8) is 0 Å². The van der Waals surface area contributed by atoms with Gasteiger partial charge in [-0.15, -0.1) is 0 Å². The molecule has 2 aliphatic heterocycles. The highest BCUT2D eigenvalue weighted by molar-refractivity contribution is 9.10. The molecule has 1 atom stereocenters. The molecule has 6 nitrogen and oxygen atoms in total. The topological polar surface area (TPSA) is 114 Å². The highest BCUT2D eigenvalue weighted by Gasteiger charge is 2.56. The summed E-state index contributed by atoms with van der Waals surface area (Å²) in [6, 6.07) is 12.4. The number of nitrogens with two attached hydrogens (primary N) is 2. The standard InChI is InChI=1S/C17H11BrN4O2/c18-8-1-4-13-11(5-8)17(16(23)22-13)10-3-2-9(20)6-14(10)24-15(21)12(17)7-19/h1-6H,20-21H2,(H,22,23). The van der Waals surface area contributed by atoms with E-state index in [4.69, 9.17) is 16.2 Å². The average molecular weight is 383 g/mol. The van der Waals surface area contributed by atoms with Crippen LogP contribution in [0.25, 0.3) is 0 Å². The van der Waals surface area contributed by atoms with Crippen LogP contribution in [0.2, 0.25) is 0 Å². The number of rotatable bonds is 0. The Bertz CT molecular complexity index is 993. The molecule has 118 valence electrons. The maximum absolute atomic E-state index is 13.0. The molecule has 1 spiro atoms. The number of nitriles is 1. The molecule has 2 aliphatic rings. The molecule has 0 bridgehead atoms. The first-order chi connectivity index (χ1) is 11.5. The summed E-state index contributed by atoms with van der Waals surface area (Å²) in [5.74, 6) is -0.0718. The van der Waals surface area contributed by atoms with Crippen molar-refractivity contribution < 1.29 is 9.53 Å². The normalized spacial score (nSPS) is 20.9. The molecule has 0 saturated heterocycles. The van der Waals surface area contributed by atoms with Crippen molar-refractivity contribution in [1.29, 1.82) is 5.26 Å². The summed E-state index contributed by atoms with van der Waals surface area (Å²) in [5, 5.41) is 12.5. The summed E-state index contributed by atoms with van der Waals surface area (Å²) in [5.41, 5.74) is 12.8. The van der Waals surface area contributed by atoms with Gasteiger partial charge in [-0.05, 0) is 24.3 Å². The lowest BCUT2D eigenvalue weighted by Crippen LogP contribution is -2.42. The number of nitrogen functional groups attached to an aromatic ring is 1. The molecule has 0 aliphatic carbocycles. The van der Waals surface area contributed by atoms with E-state index in [0.29, 0.717) is 28.3 Å². The van der Waals surface area contributed by atoms with E-state index < -0.39 is 5.41 Å². The molecule has 0 saturated carbocycles. The van der Waals surface area contributed by atoms with Gasteiger partial charge in [0.25, 0.3) is 0 Å². The molecule has 2 aromatic rings. The lowest BCUT2D eigenvalue weighted by molar-refractivity contribution is -0.118. The van der Waals surface area contributed by atoms with Gasteiger partial charge in [0.1, 0.15) is 22.8 Å². The fraction of sp³-hybridized carbons (Fsp3) is 0.0588.